The SMILES string of the molecule is CN=C(NCCCc1c[nH]c2ccccc12)N1CCN(Cc2cc(C)on2)CC1. The molecule has 7 heteroatoms. The van der Waals surface area contributed by atoms with Crippen LogP contribution in [0.25, 0.3) is 10.9 Å². The molecule has 2 N–H and O–H groups in total. The highest BCUT2D eigenvalue weighted by Gasteiger charge is 2.20. The number of para-hydroxylation sites is 1. The van der Waals surface area contributed by atoms with Gasteiger partial charge in [0.1, 0.15) is 5.76 Å². The molecule has 1 aliphatic heterocycles. The first-order chi connectivity index (χ1) is 14.2. The lowest BCUT2D eigenvalue weighted by atomic mass is 10.1. The largest absolute Gasteiger partial charge is 0.361 e. The highest BCUT2D eigenvalue weighted by Crippen LogP contribution is 2.18. The molecule has 3 heterocycles. The third-order valence-corrected chi connectivity index (χ3v) is 5.53. The molecule has 1 saturated heterocycles. The quantitative estimate of drug-likeness (QED) is 0.382. The van der Waals surface area contributed by atoms with Crippen LogP contribution in [0.15, 0.2) is 46.0 Å². The maximum absolute atomic E-state index is 5.17. The van der Waals surface area contributed by atoms with Crippen LogP contribution >= 0.6 is 0 Å². The van der Waals surface area contributed by atoms with Crippen molar-refractivity contribution in [3.8, 4) is 0 Å². The molecule has 1 fully saturated rings. The number of nitrogens with zero attached hydrogens (tertiary/aromatic N) is 4. The number of rotatable bonds is 6. The molecule has 7 nitrogen and oxygen atoms in total. The van der Waals surface area contributed by atoms with E-state index < -0.39 is 0 Å². The molecule has 1 aromatic carbocycles. The summed E-state index contributed by atoms with van der Waals surface area (Å²) in [6.07, 6.45) is 4.26. The Morgan fingerprint density at radius 2 is 2.07 bits per heavy atom. The molecule has 2 aromatic heterocycles. The minimum atomic E-state index is 0.849. The number of guanidine groups is 1. The Balaban J connectivity index is 1.21. The zero-order chi connectivity index (χ0) is 20.1. The summed E-state index contributed by atoms with van der Waals surface area (Å²) in [5.74, 6) is 1.87. The van der Waals surface area contributed by atoms with Crippen LogP contribution in [0.1, 0.15) is 23.4 Å². The smallest absolute Gasteiger partial charge is 0.193 e. The predicted octanol–water partition coefficient (Wildman–Crippen LogP) is 2.79. The minimum absolute atomic E-state index is 0.849. The zero-order valence-corrected chi connectivity index (χ0v) is 17.3. The van der Waals surface area contributed by atoms with Crippen LogP contribution in [0.4, 0.5) is 0 Å². The lowest BCUT2D eigenvalue weighted by Crippen LogP contribution is -2.52. The van der Waals surface area contributed by atoms with Gasteiger partial charge in [0.25, 0.3) is 0 Å². The Labute approximate surface area is 171 Å². The topological polar surface area (TPSA) is 72.7 Å². The summed E-state index contributed by atoms with van der Waals surface area (Å²) in [6, 6.07) is 10.5. The minimum Gasteiger partial charge on any atom is -0.361 e. The molecule has 0 atom stereocenters. The van der Waals surface area contributed by atoms with Crippen molar-refractivity contribution in [1.29, 1.82) is 0 Å². The molecule has 1 aliphatic rings. The normalized spacial score (nSPS) is 15.9. The molecule has 0 aliphatic carbocycles. The second-order valence-electron chi connectivity index (χ2n) is 7.63. The molecule has 0 amide bonds. The van der Waals surface area contributed by atoms with Crippen molar-refractivity contribution in [2.75, 3.05) is 39.8 Å². The summed E-state index contributed by atoms with van der Waals surface area (Å²) < 4.78 is 5.17. The average molecular weight is 395 g/mol. The molecule has 0 saturated carbocycles. The molecule has 154 valence electrons. The van der Waals surface area contributed by atoms with Crippen LogP contribution in [0, 0.1) is 6.92 Å². The number of nitrogens with one attached hydrogen (secondary N) is 2. The van der Waals surface area contributed by atoms with E-state index in [9.17, 15) is 0 Å². The van der Waals surface area contributed by atoms with E-state index >= 15 is 0 Å². The summed E-state index contributed by atoms with van der Waals surface area (Å²) in [6.45, 7) is 7.65. The van der Waals surface area contributed by atoms with Gasteiger partial charge in [-0.25, -0.2) is 0 Å². The van der Waals surface area contributed by atoms with E-state index in [1.54, 1.807) is 0 Å². The first-order valence-corrected chi connectivity index (χ1v) is 10.4. The van der Waals surface area contributed by atoms with Crippen molar-refractivity contribution < 1.29 is 4.52 Å². The molecular formula is C22H30N6O. The lowest BCUT2D eigenvalue weighted by Gasteiger charge is -2.36. The number of aromatic nitrogens is 2. The van der Waals surface area contributed by atoms with Gasteiger partial charge >= 0.3 is 0 Å². The Kier molecular flexibility index (Phi) is 6.14. The number of hydrogen-bond acceptors (Lipinski definition) is 4. The molecule has 0 radical (unpaired) electrons. The van der Waals surface area contributed by atoms with Crippen molar-refractivity contribution >= 4 is 16.9 Å². The number of aromatic amines is 1. The molecule has 3 aromatic rings. The fraction of sp³-hybridized carbons (Fsp3) is 0.455. The van der Waals surface area contributed by atoms with E-state index in [4.69, 9.17) is 4.52 Å². The number of aryl methyl sites for hydroxylation is 2. The number of fused-ring (bicyclic) bond motifs is 1. The van der Waals surface area contributed by atoms with Gasteiger partial charge in [0.05, 0.1) is 5.69 Å². The highest BCUT2D eigenvalue weighted by molar-refractivity contribution is 5.83. The number of H-pyrrole nitrogens is 1. The average Bonchev–Trinajstić information content (AvgIpc) is 3.35. The fourth-order valence-corrected chi connectivity index (χ4v) is 3.99. The molecule has 0 bridgehead atoms. The van der Waals surface area contributed by atoms with E-state index in [-0.39, 0.29) is 0 Å². The van der Waals surface area contributed by atoms with Crippen molar-refractivity contribution in [2.24, 2.45) is 4.99 Å². The fourth-order valence-electron chi connectivity index (χ4n) is 3.99. The zero-order valence-electron chi connectivity index (χ0n) is 17.3. The molecule has 4 rings (SSSR count). The van der Waals surface area contributed by atoms with Gasteiger partial charge in [-0.05, 0) is 31.4 Å². The summed E-state index contributed by atoms with van der Waals surface area (Å²) in [4.78, 5) is 12.6. The Morgan fingerprint density at radius 3 is 2.83 bits per heavy atom. The van der Waals surface area contributed by atoms with Gasteiger partial charge in [-0.15, -0.1) is 0 Å². The van der Waals surface area contributed by atoms with Crippen LogP contribution in [0.3, 0.4) is 0 Å². The number of aliphatic imine (C=N–C) groups is 1. The summed E-state index contributed by atoms with van der Waals surface area (Å²) in [5.41, 5.74) is 3.61. The summed E-state index contributed by atoms with van der Waals surface area (Å²) in [5, 5.41) is 8.97. The maximum atomic E-state index is 5.17. The van der Waals surface area contributed by atoms with Crippen LogP contribution < -0.4 is 5.32 Å². The van der Waals surface area contributed by atoms with E-state index in [1.807, 2.05) is 20.0 Å². The van der Waals surface area contributed by atoms with E-state index in [0.717, 1.165) is 69.5 Å². The van der Waals surface area contributed by atoms with Crippen molar-refractivity contribution in [3.63, 3.8) is 0 Å². The second-order valence-corrected chi connectivity index (χ2v) is 7.63. The van der Waals surface area contributed by atoms with Gasteiger partial charge in [0, 0.05) is 69.5 Å². The Hall–Kier alpha value is -2.80. The molecule has 29 heavy (non-hydrogen) atoms. The van der Waals surface area contributed by atoms with Crippen molar-refractivity contribution in [2.45, 2.75) is 26.3 Å². The van der Waals surface area contributed by atoms with Gasteiger partial charge in [0.2, 0.25) is 0 Å². The van der Waals surface area contributed by atoms with Crippen LogP contribution in [0.5, 0.6) is 0 Å². The molecule has 0 unspecified atom stereocenters. The number of benzene rings is 1. The van der Waals surface area contributed by atoms with Crippen molar-refractivity contribution in [1.82, 2.24) is 25.3 Å². The third kappa shape index (κ3) is 4.79. The van der Waals surface area contributed by atoms with Gasteiger partial charge in [-0.2, -0.15) is 0 Å². The third-order valence-electron chi connectivity index (χ3n) is 5.53. The summed E-state index contributed by atoms with van der Waals surface area (Å²) >= 11 is 0. The summed E-state index contributed by atoms with van der Waals surface area (Å²) in [7, 11) is 1.87. The second kappa shape index (κ2) is 9.13. The van der Waals surface area contributed by atoms with Gasteiger partial charge < -0.3 is 19.7 Å². The molecule has 0 spiro atoms. The maximum Gasteiger partial charge on any atom is 0.193 e. The predicted molar refractivity (Wildman–Crippen MR) is 116 cm³/mol. The number of hydrogen-bond donors (Lipinski definition) is 2. The highest BCUT2D eigenvalue weighted by atomic mass is 16.5. The van der Waals surface area contributed by atoms with Crippen LogP contribution in [-0.2, 0) is 13.0 Å². The van der Waals surface area contributed by atoms with E-state index in [1.165, 1.54) is 16.5 Å². The van der Waals surface area contributed by atoms with Crippen LogP contribution in [0.2, 0.25) is 0 Å². The van der Waals surface area contributed by atoms with Gasteiger partial charge in [0.15, 0.2) is 5.96 Å². The van der Waals surface area contributed by atoms with E-state index in [0.29, 0.717) is 0 Å². The van der Waals surface area contributed by atoms with Gasteiger partial charge in [-0.1, -0.05) is 23.4 Å². The first-order valence-electron chi connectivity index (χ1n) is 10.4. The van der Waals surface area contributed by atoms with Crippen molar-refractivity contribution in [3.05, 3.63) is 53.5 Å². The Morgan fingerprint density at radius 1 is 1.24 bits per heavy atom. The first kappa shape index (κ1) is 19.5. The lowest BCUT2D eigenvalue weighted by molar-refractivity contribution is 0.169. The number of piperazine rings is 1. The molecular weight excluding hydrogens is 364 g/mol. The van der Waals surface area contributed by atoms with Gasteiger partial charge in [-0.3, -0.25) is 9.89 Å². The monoisotopic (exact) mass is 394 g/mol. The van der Waals surface area contributed by atoms with E-state index in [2.05, 4.69) is 60.7 Å². The Bertz CT molecular complexity index is 951. The standard InChI is InChI=1S/C22H30N6O/c1-17-14-19(26-29-17)16-27-10-12-28(13-11-27)22(23-2)24-9-5-6-18-15-25-21-8-4-3-7-20(18)21/h3-4,7-8,14-15,25H,5-6,9-13,16H2,1-2H3,(H,23,24). The van der Waals surface area contributed by atoms with Crippen LogP contribution in [-0.4, -0.2) is 65.7 Å².